The number of nitrogens with zero attached hydrogens (tertiary/aromatic N) is 2. The van der Waals surface area contributed by atoms with Crippen LogP contribution < -0.4 is 0 Å². The molecule has 1 saturated carbocycles. The first-order valence-electron chi connectivity index (χ1n) is 8.77. The first-order valence-corrected chi connectivity index (χ1v) is 9.14. The van der Waals surface area contributed by atoms with Gasteiger partial charge in [-0.1, -0.05) is 24.4 Å². The van der Waals surface area contributed by atoms with E-state index in [-0.39, 0.29) is 17.6 Å². The van der Waals surface area contributed by atoms with Crippen LogP contribution in [0.4, 0.5) is 0 Å². The topological polar surface area (TPSA) is 55.1 Å². The van der Waals surface area contributed by atoms with Crippen LogP contribution in [0, 0.1) is 25.7 Å². The fourth-order valence-corrected chi connectivity index (χ4v) is 4.57. The summed E-state index contributed by atoms with van der Waals surface area (Å²) in [4.78, 5) is 13.0. The number of carbonyl (C=O) groups is 1. The van der Waals surface area contributed by atoms with Crippen molar-refractivity contribution in [3.63, 3.8) is 0 Å². The molecule has 25 heavy (non-hydrogen) atoms. The second-order valence-corrected chi connectivity index (χ2v) is 7.62. The molecular formula is C20H21ClN2O2. The molecule has 0 saturated heterocycles. The quantitative estimate of drug-likeness (QED) is 0.840. The maximum absolute atomic E-state index is 13.0. The number of aryl methyl sites for hydroxylation is 2. The van der Waals surface area contributed by atoms with E-state index < -0.39 is 0 Å². The minimum Gasteiger partial charge on any atom is -0.511 e. The second kappa shape index (κ2) is 6.03. The van der Waals surface area contributed by atoms with Gasteiger partial charge in [0.25, 0.3) is 0 Å². The van der Waals surface area contributed by atoms with Gasteiger partial charge < -0.3 is 5.11 Å². The minimum atomic E-state index is -0.0350. The Morgan fingerprint density at radius 3 is 2.36 bits per heavy atom. The summed E-state index contributed by atoms with van der Waals surface area (Å²) in [6.45, 7) is 3.96. The molecule has 0 amide bonds. The van der Waals surface area contributed by atoms with Crippen LogP contribution in [0.1, 0.15) is 42.4 Å². The number of hydrogen-bond donors (Lipinski definition) is 1. The summed E-state index contributed by atoms with van der Waals surface area (Å²) in [5.41, 5.74) is 4.25. The van der Waals surface area contributed by atoms with Crippen LogP contribution in [0.2, 0.25) is 5.02 Å². The van der Waals surface area contributed by atoms with Crippen molar-refractivity contribution in [2.45, 2.75) is 39.5 Å². The van der Waals surface area contributed by atoms with E-state index in [0.717, 1.165) is 48.1 Å². The minimum absolute atomic E-state index is 0.0136. The zero-order valence-corrected chi connectivity index (χ0v) is 15.2. The maximum Gasteiger partial charge on any atom is 0.170 e. The van der Waals surface area contributed by atoms with Gasteiger partial charge in [-0.25, -0.2) is 4.68 Å². The van der Waals surface area contributed by atoms with Crippen LogP contribution in [0.5, 0.6) is 0 Å². The molecule has 1 aromatic heterocycles. The molecule has 2 aliphatic carbocycles. The molecule has 5 heteroatoms. The lowest BCUT2D eigenvalue weighted by Gasteiger charge is -2.23. The highest BCUT2D eigenvalue weighted by molar-refractivity contribution is 6.30. The molecule has 2 aromatic rings. The lowest BCUT2D eigenvalue weighted by molar-refractivity contribution is -0.118. The molecule has 1 heterocycles. The molecule has 130 valence electrons. The van der Waals surface area contributed by atoms with Crippen LogP contribution in [-0.4, -0.2) is 20.7 Å². The number of fused-ring (bicyclic) bond motifs is 1. The van der Waals surface area contributed by atoms with Crippen LogP contribution in [0.25, 0.3) is 11.3 Å². The molecular weight excluding hydrogens is 336 g/mol. The Kier molecular flexibility index (Phi) is 3.95. The molecule has 2 atom stereocenters. The number of aliphatic hydroxyl groups excluding tert-OH is 1. The standard InChI is InChI=1S/C20H21ClN2O2/c1-11-7-14(23-10-13(21)9-22-23)8-12(2)17(11)18-19(24)15-5-3-4-6-16(15)20(18)25/h7-10,15-16,24H,3-6H2,1-2H3. The van der Waals surface area contributed by atoms with Gasteiger partial charge >= 0.3 is 0 Å². The Balaban J connectivity index is 1.81. The molecule has 0 radical (unpaired) electrons. The van der Waals surface area contributed by atoms with Crippen molar-refractivity contribution in [3.05, 3.63) is 52.0 Å². The van der Waals surface area contributed by atoms with E-state index in [1.54, 1.807) is 17.1 Å². The number of aliphatic hydroxyl groups is 1. The predicted molar refractivity (Wildman–Crippen MR) is 98.1 cm³/mol. The van der Waals surface area contributed by atoms with Crippen LogP contribution in [0.3, 0.4) is 0 Å². The SMILES string of the molecule is Cc1cc(-n2cc(Cl)cn2)cc(C)c1C1=C(O)C2CCCCC2C1=O. The zero-order valence-electron chi connectivity index (χ0n) is 14.4. The third-order valence-corrected chi connectivity index (χ3v) is 5.73. The Morgan fingerprint density at radius 1 is 1.16 bits per heavy atom. The van der Waals surface area contributed by atoms with Gasteiger partial charge in [0.15, 0.2) is 5.78 Å². The second-order valence-electron chi connectivity index (χ2n) is 7.18. The average molecular weight is 357 g/mol. The summed E-state index contributed by atoms with van der Waals surface area (Å²) in [7, 11) is 0. The van der Waals surface area contributed by atoms with E-state index in [1.165, 1.54) is 0 Å². The lowest BCUT2D eigenvalue weighted by atomic mass is 9.80. The molecule has 2 unspecified atom stereocenters. The van der Waals surface area contributed by atoms with Gasteiger partial charge in [0.2, 0.25) is 0 Å². The molecule has 0 spiro atoms. The number of hydrogen-bond acceptors (Lipinski definition) is 3. The van der Waals surface area contributed by atoms with E-state index >= 15 is 0 Å². The summed E-state index contributed by atoms with van der Waals surface area (Å²) < 4.78 is 1.72. The molecule has 1 fully saturated rings. The molecule has 0 aliphatic heterocycles. The largest absolute Gasteiger partial charge is 0.511 e. The fourth-order valence-electron chi connectivity index (χ4n) is 4.43. The van der Waals surface area contributed by atoms with E-state index in [2.05, 4.69) is 5.10 Å². The number of rotatable bonds is 2. The number of Topliss-reactive ketones (excluding diaryl/α,β-unsaturated/α-hetero) is 1. The Labute approximate surface area is 152 Å². The number of benzene rings is 1. The zero-order chi connectivity index (χ0) is 17.7. The Morgan fingerprint density at radius 2 is 1.80 bits per heavy atom. The number of carbonyl (C=O) groups excluding carboxylic acids is 1. The van der Waals surface area contributed by atoms with Crippen molar-refractivity contribution in [3.8, 4) is 5.69 Å². The molecule has 4 nitrogen and oxygen atoms in total. The molecule has 0 bridgehead atoms. The van der Waals surface area contributed by atoms with Gasteiger partial charge in [-0.15, -0.1) is 0 Å². The fraction of sp³-hybridized carbons (Fsp3) is 0.400. The maximum atomic E-state index is 13.0. The van der Waals surface area contributed by atoms with Gasteiger partial charge in [0.05, 0.1) is 22.5 Å². The van der Waals surface area contributed by atoms with Gasteiger partial charge in [-0.05, 0) is 55.5 Å². The molecule has 4 rings (SSSR count). The van der Waals surface area contributed by atoms with Crippen LogP contribution in [0.15, 0.2) is 30.3 Å². The van der Waals surface area contributed by atoms with E-state index in [9.17, 15) is 9.90 Å². The summed E-state index contributed by atoms with van der Waals surface area (Å²) in [5.74, 6) is 0.394. The Bertz CT molecular complexity index is 874. The van der Waals surface area contributed by atoms with E-state index in [4.69, 9.17) is 11.6 Å². The number of allylic oxidation sites excluding steroid dienone is 2. The van der Waals surface area contributed by atoms with Crippen molar-refractivity contribution >= 4 is 23.0 Å². The molecule has 1 aromatic carbocycles. The van der Waals surface area contributed by atoms with Crippen molar-refractivity contribution in [2.75, 3.05) is 0 Å². The normalized spacial score (nSPS) is 23.2. The van der Waals surface area contributed by atoms with Gasteiger partial charge in [0.1, 0.15) is 5.76 Å². The van der Waals surface area contributed by atoms with Crippen molar-refractivity contribution in [1.29, 1.82) is 0 Å². The van der Waals surface area contributed by atoms with Crippen LogP contribution in [-0.2, 0) is 4.79 Å². The van der Waals surface area contributed by atoms with Crippen molar-refractivity contribution in [2.24, 2.45) is 11.8 Å². The Hall–Kier alpha value is -2.07. The highest BCUT2D eigenvalue weighted by Crippen LogP contribution is 2.47. The van der Waals surface area contributed by atoms with Gasteiger partial charge in [0, 0.05) is 18.0 Å². The third kappa shape index (κ3) is 2.60. The summed E-state index contributed by atoms with van der Waals surface area (Å²) in [6, 6.07) is 3.97. The van der Waals surface area contributed by atoms with Crippen molar-refractivity contribution in [1.82, 2.24) is 9.78 Å². The molecule has 1 N–H and O–H groups in total. The molecule has 2 aliphatic rings. The van der Waals surface area contributed by atoms with Gasteiger partial charge in [-0.2, -0.15) is 5.10 Å². The average Bonchev–Trinajstić information content (AvgIpc) is 3.12. The highest BCUT2D eigenvalue weighted by Gasteiger charge is 2.44. The summed E-state index contributed by atoms with van der Waals surface area (Å²) in [6.07, 6.45) is 7.31. The lowest BCUT2D eigenvalue weighted by Crippen LogP contribution is -2.21. The first-order chi connectivity index (χ1) is 12.0. The highest BCUT2D eigenvalue weighted by atomic mass is 35.5. The number of aromatic nitrogens is 2. The third-order valence-electron chi connectivity index (χ3n) is 5.54. The predicted octanol–water partition coefficient (Wildman–Crippen LogP) is 4.80. The van der Waals surface area contributed by atoms with Crippen molar-refractivity contribution < 1.29 is 9.90 Å². The van der Waals surface area contributed by atoms with Crippen LogP contribution >= 0.6 is 11.6 Å². The smallest absolute Gasteiger partial charge is 0.170 e. The monoisotopic (exact) mass is 356 g/mol. The summed E-state index contributed by atoms with van der Waals surface area (Å²) >= 11 is 5.96. The number of ketones is 1. The van der Waals surface area contributed by atoms with Gasteiger partial charge in [-0.3, -0.25) is 4.79 Å². The number of halogens is 1. The van der Waals surface area contributed by atoms with E-state index in [0.29, 0.717) is 16.4 Å². The van der Waals surface area contributed by atoms with E-state index in [1.807, 2.05) is 26.0 Å². The first kappa shape index (κ1) is 16.4. The summed E-state index contributed by atoms with van der Waals surface area (Å²) in [5, 5.41) is 15.6.